The number of benzene rings is 1. The Morgan fingerprint density at radius 2 is 2.03 bits per heavy atom. The van der Waals surface area contributed by atoms with Crippen LogP contribution >= 0.6 is 34.7 Å². The number of carbonyl (C=O) groups excluding carboxylic acids is 1. The van der Waals surface area contributed by atoms with Gasteiger partial charge in [-0.2, -0.15) is 0 Å². The summed E-state index contributed by atoms with van der Waals surface area (Å²) in [6, 6.07) is 9.85. The van der Waals surface area contributed by atoms with Crippen LogP contribution in [0.5, 0.6) is 0 Å². The summed E-state index contributed by atoms with van der Waals surface area (Å²) in [6.07, 6.45) is 3.24. The minimum Gasteiger partial charge on any atom is -0.341 e. The Hall–Kier alpha value is -2.03. The van der Waals surface area contributed by atoms with E-state index < -0.39 is 0 Å². The smallest absolute Gasteiger partial charge is 0.236 e. The molecule has 0 spiro atoms. The first-order valence-electron chi connectivity index (χ1n) is 10.6. The van der Waals surface area contributed by atoms with E-state index in [0.717, 1.165) is 55.7 Å². The Balaban J connectivity index is 1.40. The van der Waals surface area contributed by atoms with E-state index in [9.17, 15) is 4.79 Å². The van der Waals surface area contributed by atoms with Crippen LogP contribution in [0.3, 0.4) is 0 Å². The minimum absolute atomic E-state index is 0.144. The SMILES string of the molecule is CC(Sc1nnc(N2CCCC2)n1-c1cccc(Cl)c1)C(=O)N1CCc2sccc2C1. The van der Waals surface area contributed by atoms with Crippen molar-refractivity contribution in [3.8, 4) is 5.69 Å². The van der Waals surface area contributed by atoms with E-state index in [2.05, 4.69) is 26.5 Å². The fraction of sp³-hybridized carbons (Fsp3) is 0.409. The monoisotopic (exact) mass is 473 g/mol. The number of hydrogen-bond acceptors (Lipinski definition) is 6. The van der Waals surface area contributed by atoms with Crippen LogP contribution in [-0.4, -0.2) is 50.5 Å². The summed E-state index contributed by atoms with van der Waals surface area (Å²) in [5.41, 5.74) is 2.20. The Morgan fingerprint density at radius 3 is 2.84 bits per heavy atom. The van der Waals surface area contributed by atoms with Crippen LogP contribution < -0.4 is 4.90 Å². The average molecular weight is 474 g/mol. The maximum atomic E-state index is 13.2. The number of thiophene rings is 1. The number of nitrogens with zero attached hydrogens (tertiary/aromatic N) is 5. The van der Waals surface area contributed by atoms with Gasteiger partial charge in [0.25, 0.3) is 0 Å². The lowest BCUT2D eigenvalue weighted by Crippen LogP contribution is -2.39. The fourth-order valence-corrected chi connectivity index (χ4v) is 6.22. The molecule has 162 valence electrons. The molecular weight excluding hydrogens is 450 g/mol. The summed E-state index contributed by atoms with van der Waals surface area (Å²) in [5, 5.41) is 12.2. The highest BCUT2D eigenvalue weighted by Gasteiger charge is 2.29. The van der Waals surface area contributed by atoms with Crippen molar-refractivity contribution in [2.75, 3.05) is 24.5 Å². The molecule has 5 rings (SSSR count). The van der Waals surface area contributed by atoms with Crippen molar-refractivity contribution < 1.29 is 4.79 Å². The van der Waals surface area contributed by atoms with Gasteiger partial charge in [0.1, 0.15) is 0 Å². The van der Waals surface area contributed by atoms with E-state index in [1.165, 1.54) is 22.2 Å². The molecule has 1 fully saturated rings. The number of amides is 1. The standard InChI is InChI=1S/C22H24ClN5OS2/c1-15(20(29)27-11-7-19-16(14-27)8-12-30-19)31-22-25-24-21(26-9-2-3-10-26)28(22)18-6-4-5-17(23)13-18/h4-6,8,12-13,15H,2-3,7,9-11,14H2,1H3. The molecule has 1 saturated heterocycles. The van der Waals surface area contributed by atoms with Crippen molar-refractivity contribution in [3.05, 3.63) is 51.2 Å². The Kier molecular flexibility index (Phi) is 5.95. The van der Waals surface area contributed by atoms with Crippen molar-refractivity contribution in [1.29, 1.82) is 0 Å². The second-order valence-electron chi connectivity index (χ2n) is 7.93. The molecule has 1 amide bonds. The van der Waals surface area contributed by atoms with Crippen LogP contribution in [0.1, 0.15) is 30.2 Å². The van der Waals surface area contributed by atoms with E-state index in [1.54, 1.807) is 11.3 Å². The van der Waals surface area contributed by atoms with Crippen LogP contribution in [0.25, 0.3) is 5.69 Å². The van der Waals surface area contributed by atoms with Crippen molar-refractivity contribution in [2.45, 2.75) is 43.1 Å². The molecule has 1 unspecified atom stereocenters. The first kappa shape index (κ1) is 20.8. The molecule has 0 N–H and O–H groups in total. The summed E-state index contributed by atoms with van der Waals surface area (Å²) < 4.78 is 2.04. The molecule has 1 aromatic carbocycles. The average Bonchev–Trinajstić information content (AvgIpc) is 3.52. The van der Waals surface area contributed by atoms with Gasteiger partial charge in [0, 0.05) is 36.1 Å². The van der Waals surface area contributed by atoms with E-state index in [4.69, 9.17) is 11.6 Å². The molecular formula is C22H24ClN5OS2. The molecule has 0 saturated carbocycles. The van der Waals surface area contributed by atoms with Crippen LogP contribution in [0.2, 0.25) is 5.02 Å². The largest absolute Gasteiger partial charge is 0.341 e. The molecule has 2 aliphatic heterocycles. The second kappa shape index (κ2) is 8.84. The summed E-state index contributed by atoms with van der Waals surface area (Å²) in [6.45, 7) is 5.37. The van der Waals surface area contributed by atoms with Crippen LogP contribution in [0, 0.1) is 0 Å². The maximum Gasteiger partial charge on any atom is 0.236 e. The van der Waals surface area contributed by atoms with Gasteiger partial charge < -0.3 is 9.80 Å². The maximum absolute atomic E-state index is 13.2. The Morgan fingerprint density at radius 1 is 1.19 bits per heavy atom. The fourth-order valence-electron chi connectivity index (χ4n) is 4.20. The number of halogens is 1. The van der Waals surface area contributed by atoms with Gasteiger partial charge in [-0.1, -0.05) is 29.4 Å². The van der Waals surface area contributed by atoms with Gasteiger partial charge >= 0.3 is 0 Å². The summed E-state index contributed by atoms with van der Waals surface area (Å²) in [5.74, 6) is 0.966. The highest BCUT2D eigenvalue weighted by atomic mass is 35.5. The molecule has 3 aromatic rings. The van der Waals surface area contributed by atoms with Gasteiger partial charge in [0.05, 0.1) is 10.9 Å². The van der Waals surface area contributed by atoms with E-state index in [0.29, 0.717) is 11.6 Å². The number of anilines is 1. The van der Waals surface area contributed by atoms with Crippen LogP contribution in [0.4, 0.5) is 5.95 Å². The van der Waals surface area contributed by atoms with Crippen LogP contribution in [0.15, 0.2) is 40.9 Å². The zero-order valence-electron chi connectivity index (χ0n) is 17.3. The molecule has 6 nitrogen and oxygen atoms in total. The number of carbonyl (C=O) groups is 1. The predicted molar refractivity (Wildman–Crippen MR) is 127 cm³/mol. The lowest BCUT2D eigenvalue weighted by Gasteiger charge is -2.29. The molecule has 0 bridgehead atoms. The first-order valence-corrected chi connectivity index (χ1v) is 12.7. The molecule has 0 radical (unpaired) electrons. The van der Waals surface area contributed by atoms with Gasteiger partial charge in [-0.25, -0.2) is 0 Å². The third-order valence-corrected chi connectivity index (χ3v) is 8.11. The third kappa shape index (κ3) is 4.21. The van der Waals surface area contributed by atoms with Crippen LogP contribution in [-0.2, 0) is 17.8 Å². The molecule has 0 aliphatic carbocycles. The summed E-state index contributed by atoms with van der Waals surface area (Å²) in [4.78, 5) is 18.8. The number of fused-ring (bicyclic) bond motifs is 1. The number of rotatable bonds is 5. The molecule has 2 aromatic heterocycles. The Labute approximate surface area is 195 Å². The van der Waals surface area contributed by atoms with Gasteiger partial charge in [-0.05, 0) is 61.4 Å². The summed E-state index contributed by atoms with van der Waals surface area (Å²) >= 11 is 9.53. The number of hydrogen-bond donors (Lipinski definition) is 0. The van der Waals surface area contributed by atoms with E-state index in [-0.39, 0.29) is 11.2 Å². The predicted octanol–water partition coefficient (Wildman–Crippen LogP) is 4.65. The van der Waals surface area contributed by atoms with Gasteiger partial charge in [0.15, 0.2) is 5.16 Å². The topological polar surface area (TPSA) is 54.3 Å². The number of thioether (sulfide) groups is 1. The zero-order chi connectivity index (χ0) is 21.4. The molecule has 4 heterocycles. The van der Waals surface area contributed by atoms with Gasteiger partial charge in [0.2, 0.25) is 11.9 Å². The van der Waals surface area contributed by atoms with E-state index >= 15 is 0 Å². The first-order chi connectivity index (χ1) is 15.1. The third-order valence-electron chi connectivity index (χ3n) is 5.82. The lowest BCUT2D eigenvalue weighted by molar-refractivity contribution is -0.131. The highest BCUT2D eigenvalue weighted by Crippen LogP contribution is 2.33. The number of aromatic nitrogens is 3. The molecule has 2 aliphatic rings. The molecule has 31 heavy (non-hydrogen) atoms. The molecule has 1 atom stereocenters. The normalized spacial score (nSPS) is 17.1. The Bertz CT molecular complexity index is 1090. The lowest BCUT2D eigenvalue weighted by atomic mass is 10.1. The van der Waals surface area contributed by atoms with Crippen molar-refractivity contribution in [3.63, 3.8) is 0 Å². The minimum atomic E-state index is -0.256. The zero-order valence-corrected chi connectivity index (χ0v) is 19.7. The van der Waals surface area contributed by atoms with Gasteiger partial charge in [-0.15, -0.1) is 21.5 Å². The van der Waals surface area contributed by atoms with Gasteiger partial charge in [-0.3, -0.25) is 9.36 Å². The van der Waals surface area contributed by atoms with Crippen molar-refractivity contribution in [1.82, 2.24) is 19.7 Å². The molecule has 9 heteroatoms. The van der Waals surface area contributed by atoms with Crippen molar-refractivity contribution in [2.24, 2.45) is 0 Å². The second-order valence-corrected chi connectivity index (χ2v) is 10.7. The quantitative estimate of drug-likeness (QED) is 0.505. The highest BCUT2D eigenvalue weighted by molar-refractivity contribution is 8.00. The van der Waals surface area contributed by atoms with Crippen molar-refractivity contribution >= 4 is 46.6 Å². The van der Waals surface area contributed by atoms with E-state index in [1.807, 2.05) is 40.7 Å². The summed E-state index contributed by atoms with van der Waals surface area (Å²) in [7, 11) is 0.